The van der Waals surface area contributed by atoms with Crippen molar-refractivity contribution in [3.63, 3.8) is 0 Å². The summed E-state index contributed by atoms with van der Waals surface area (Å²) in [7, 11) is 1.33. The van der Waals surface area contributed by atoms with Gasteiger partial charge in [-0.1, -0.05) is 17.3 Å². The van der Waals surface area contributed by atoms with Gasteiger partial charge in [0.2, 0.25) is 0 Å². The minimum absolute atomic E-state index is 0.00874. The number of hydrogen-bond acceptors (Lipinski definition) is 6. The molecule has 0 aromatic heterocycles. The lowest BCUT2D eigenvalue weighted by Crippen LogP contribution is -2.03. The molecule has 0 heterocycles. The predicted octanol–water partition coefficient (Wildman–Crippen LogP) is 4.06. The minimum Gasteiger partial charge on any atom is -0.493 e. The van der Waals surface area contributed by atoms with Crippen molar-refractivity contribution in [2.24, 2.45) is 5.16 Å². The Hall–Kier alpha value is -3.23. The monoisotopic (exact) mass is 366 g/mol. The number of hydrogen-bond donors (Lipinski definition) is 0. The Morgan fingerprint density at radius 3 is 2.69 bits per heavy atom. The smallest absolute Gasteiger partial charge is 0.387 e. The first kappa shape index (κ1) is 19.1. The van der Waals surface area contributed by atoms with Gasteiger partial charge >= 0.3 is 6.61 Å². The summed E-state index contributed by atoms with van der Waals surface area (Å²) in [6.07, 6.45) is 1.36. The van der Waals surface area contributed by atoms with Gasteiger partial charge in [0.1, 0.15) is 6.61 Å². The van der Waals surface area contributed by atoms with E-state index in [-0.39, 0.29) is 23.8 Å². The molecule has 138 valence electrons. The summed E-state index contributed by atoms with van der Waals surface area (Å²) in [5.41, 5.74) is 1.69. The van der Waals surface area contributed by atoms with Crippen LogP contribution in [0.25, 0.3) is 0 Å². The van der Waals surface area contributed by atoms with Gasteiger partial charge < -0.3 is 14.3 Å². The zero-order valence-electron chi connectivity index (χ0n) is 14.0. The largest absolute Gasteiger partial charge is 0.493 e. The van der Waals surface area contributed by atoms with Gasteiger partial charge in [-0.2, -0.15) is 8.78 Å². The summed E-state index contributed by atoms with van der Waals surface area (Å²) < 4.78 is 33.9. The fraction of sp³-hybridized carbons (Fsp3) is 0.235. The molecule has 0 N–H and O–H groups in total. The molecule has 0 bridgehead atoms. The van der Waals surface area contributed by atoms with Crippen LogP contribution >= 0.6 is 0 Å². The molecule has 2 aromatic carbocycles. The second-order valence-electron chi connectivity index (χ2n) is 5.12. The number of nitrogens with zero attached hydrogens (tertiary/aromatic N) is 2. The number of rotatable bonds is 8. The summed E-state index contributed by atoms with van der Waals surface area (Å²) in [4.78, 5) is 15.6. The van der Waals surface area contributed by atoms with Crippen molar-refractivity contribution in [2.45, 2.75) is 20.1 Å². The molecule has 0 saturated carbocycles. The van der Waals surface area contributed by atoms with Gasteiger partial charge in [0.25, 0.3) is 5.69 Å². The molecule has 0 fully saturated rings. The average molecular weight is 366 g/mol. The molecule has 0 aliphatic rings. The summed E-state index contributed by atoms with van der Waals surface area (Å²) >= 11 is 0. The Balaban J connectivity index is 2.03. The third-order valence-corrected chi connectivity index (χ3v) is 3.51. The van der Waals surface area contributed by atoms with Crippen molar-refractivity contribution in [3.05, 3.63) is 63.2 Å². The molecule has 0 aliphatic carbocycles. The van der Waals surface area contributed by atoms with E-state index in [1.165, 1.54) is 37.6 Å². The lowest BCUT2D eigenvalue weighted by molar-refractivity contribution is -0.385. The van der Waals surface area contributed by atoms with Crippen molar-refractivity contribution in [1.29, 1.82) is 0 Å². The number of oxime groups is 1. The van der Waals surface area contributed by atoms with Crippen molar-refractivity contribution >= 4 is 11.9 Å². The molecule has 26 heavy (non-hydrogen) atoms. The van der Waals surface area contributed by atoms with Crippen LogP contribution in [0.1, 0.15) is 16.7 Å². The molecule has 0 radical (unpaired) electrons. The first-order valence-corrected chi connectivity index (χ1v) is 7.43. The number of alkyl halides is 2. The van der Waals surface area contributed by atoms with Crippen molar-refractivity contribution in [3.8, 4) is 11.5 Å². The Labute approximate surface area is 147 Å². The van der Waals surface area contributed by atoms with E-state index in [1.807, 2.05) is 0 Å². The van der Waals surface area contributed by atoms with Crippen LogP contribution in [0.5, 0.6) is 11.5 Å². The van der Waals surface area contributed by atoms with Crippen LogP contribution in [0.15, 0.2) is 41.6 Å². The summed E-state index contributed by atoms with van der Waals surface area (Å²) in [6, 6.07) is 8.99. The van der Waals surface area contributed by atoms with Gasteiger partial charge in [0.05, 0.1) is 18.2 Å². The highest BCUT2D eigenvalue weighted by Crippen LogP contribution is 2.29. The number of benzene rings is 2. The van der Waals surface area contributed by atoms with Crippen LogP contribution in [0.2, 0.25) is 0 Å². The fourth-order valence-corrected chi connectivity index (χ4v) is 2.19. The maximum absolute atomic E-state index is 12.3. The Morgan fingerprint density at radius 1 is 1.27 bits per heavy atom. The van der Waals surface area contributed by atoms with Crippen LogP contribution in [0.4, 0.5) is 14.5 Å². The number of nitro groups is 1. The number of halogens is 2. The van der Waals surface area contributed by atoms with Crippen LogP contribution in [0.3, 0.4) is 0 Å². The first-order valence-electron chi connectivity index (χ1n) is 7.43. The van der Waals surface area contributed by atoms with Gasteiger partial charge in [-0.15, -0.1) is 0 Å². The van der Waals surface area contributed by atoms with E-state index in [1.54, 1.807) is 19.1 Å². The van der Waals surface area contributed by atoms with E-state index in [0.717, 1.165) is 0 Å². The zero-order chi connectivity index (χ0) is 19.1. The molecular weight excluding hydrogens is 350 g/mol. The summed E-state index contributed by atoms with van der Waals surface area (Å²) in [5.74, 6) is 0.0385. The lowest BCUT2D eigenvalue weighted by atomic mass is 10.1. The number of nitro benzene ring substituents is 1. The highest BCUT2D eigenvalue weighted by atomic mass is 19.3. The molecular formula is C17H16F2N2O5. The molecule has 0 aliphatic heterocycles. The van der Waals surface area contributed by atoms with E-state index >= 15 is 0 Å². The maximum Gasteiger partial charge on any atom is 0.387 e. The van der Waals surface area contributed by atoms with Crippen LogP contribution in [-0.4, -0.2) is 24.9 Å². The Bertz CT molecular complexity index is 812. The predicted molar refractivity (Wildman–Crippen MR) is 89.8 cm³/mol. The second-order valence-corrected chi connectivity index (χ2v) is 5.12. The van der Waals surface area contributed by atoms with Crippen molar-refractivity contribution in [1.82, 2.24) is 0 Å². The molecule has 7 nitrogen and oxygen atoms in total. The summed E-state index contributed by atoms with van der Waals surface area (Å²) in [6.45, 7) is -1.27. The Kier molecular flexibility index (Phi) is 6.42. The zero-order valence-corrected chi connectivity index (χ0v) is 14.0. The van der Waals surface area contributed by atoms with Crippen LogP contribution in [-0.2, 0) is 11.4 Å². The molecule has 0 saturated heterocycles. The molecule has 0 spiro atoms. The topological polar surface area (TPSA) is 83.2 Å². The fourth-order valence-electron chi connectivity index (χ4n) is 2.19. The van der Waals surface area contributed by atoms with Gasteiger partial charge in [0.15, 0.2) is 11.5 Å². The highest BCUT2D eigenvalue weighted by molar-refractivity contribution is 5.80. The highest BCUT2D eigenvalue weighted by Gasteiger charge is 2.13. The van der Waals surface area contributed by atoms with Gasteiger partial charge in [-0.25, -0.2) is 0 Å². The minimum atomic E-state index is -2.95. The van der Waals surface area contributed by atoms with Crippen LogP contribution < -0.4 is 9.47 Å². The van der Waals surface area contributed by atoms with E-state index in [2.05, 4.69) is 9.89 Å². The van der Waals surface area contributed by atoms with E-state index in [4.69, 9.17) is 9.57 Å². The van der Waals surface area contributed by atoms with Gasteiger partial charge in [0, 0.05) is 22.8 Å². The molecule has 0 amide bonds. The average Bonchev–Trinajstić information content (AvgIpc) is 2.60. The van der Waals surface area contributed by atoms with Gasteiger partial charge in [-0.05, 0) is 25.1 Å². The third-order valence-electron chi connectivity index (χ3n) is 3.51. The van der Waals surface area contributed by atoms with Crippen LogP contribution in [0, 0.1) is 17.0 Å². The molecule has 0 unspecified atom stereocenters. The third kappa shape index (κ3) is 4.88. The second kappa shape index (κ2) is 8.75. The number of methoxy groups -OCH3 is 1. The van der Waals surface area contributed by atoms with Crippen molar-refractivity contribution in [2.75, 3.05) is 7.11 Å². The SMILES string of the molecule is COc1cc(/C=N/OCc2cccc([N+](=O)[O-])c2C)ccc1OC(F)F. The quantitative estimate of drug-likeness (QED) is 0.400. The van der Waals surface area contributed by atoms with E-state index < -0.39 is 11.5 Å². The Morgan fingerprint density at radius 2 is 2.04 bits per heavy atom. The number of ether oxygens (including phenoxy) is 2. The standard InChI is InChI=1S/C17H16F2N2O5/c1-11-13(4-3-5-14(11)21(22)23)10-25-20-9-12-6-7-15(26-17(18)19)16(8-12)24-2/h3-9,17H,10H2,1-2H3/b20-9+. The molecule has 2 rings (SSSR count). The van der Waals surface area contributed by atoms with E-state index in [0.29, 0.717) is 16.7 Å². The molecule has 0 atom stereocenters. The summed E-state index contributed by atoms with van der Waals surface area (Å²) in [5, 5.41) is 14.7. The first-order chi connectivity index (χ1) is 12.4. The normalized spacial score (nSPS) is 11.0. The molecule has 9 heteroatoms. The van der Waals surface area contributed by atoms with Crippen molar-refractivity contribution < 1.29 is 28.0 Å². The molecule has 2 aromatic rings. The van der Waals surface area contributed by atoms with E-state index in [9.17, 15) is 18.9 Å². The maximum atomic E-state index is 12.3. The lowest BCUT2D eigenvalue weighted by Gasteiger charge is -2.10. The van der Waals surface area contributed by atoms with Gasteiger partial charge in [-0.3, -0.25) is 10.1 Å².